The molecule has 0 radical (unpaired) electrons. The molecule has 2 rings (SSSR count). The highest BCUT2D eigenvalue weighted by Gasteiger charge is 2.05. The molecule has 0 unspecified atom stereocenters. The molecule has 0 aliphatic heterocycles. The van der Waals surface area contributed by atoms with Crippen molar-refractivity contribution in [3.8, 4) is 0 Å². The number of halogens is 1. The fourth-order valence-corrected chi connectivity index (χ4v) is 1.68. The zero-order chi connectivity index (χ0) is 10.8. The number of likely N-dealkylation sites (N-methyl/N-ethyl adjacent to an activating group) is 1. The van der Waals surface area contributed by atoms with E-state index in [0.29, 0.717) is 10.4 Å². The molecule has 5 heteroatoms. The van der Waals surface area contributed by atoms with Crippen molar-refractivity contribution in [2.75, 3.05) is 20.6 Å². The molecule has 0 fully saturated rings. The molecule has 0 saturated heterocycles. The van der Waals surface area contributed by atoms with Crippen LogP contribution in [0.4, 0.5) is 0 Å². The van der Waals surface area contributed by atoms with E-state index in [9.17, 15) is 0 Å². The lowest BCUT2D eigenvalue weighted by molar-refractivity contribution is 0.409. The lowest BCUT2D eigenvalue weighted by Crippen LogP contribution is -2.16. The van der Waals surface area contributed by atoms with Gasteiger partial charge in [0.05, 0.1) is 5.39 Å². The molecule has 0 saturated carbocycles. The first-order valence-electron chi connectivity index (χ1n) is 4.71. The maximum absolute atomic E-state index is 5.37. The fourth-order valence-electron chi connectivity index (χ4n) is 1.28. The van der Waals surface area contributed by atoms with Gasteiger partial charge >= 0.3 is 0 Å². The van der Waals surface area contributed by atoms with Crippen molar-refractivity contribution in [2.24, 2.45) is 0 Å². The minimum atomic E-state index is 0.644. The van der Waals surface area contributed by atoms with E-state index < -0.39 is 0 Å². The number of furan rings is 1. The Bertz CT molecular complexity index is 467. The first-order valence-corrected chi connectivity index (χ1v) is 5.50. The van der Waals surface area contributed by atoms with Gasteiger partial charge in [0.1, 0.15) is 5.82 Å². The molecule has 15 heavy (non-hydrogen) atoms. The summed E-state index contributed by atoms with van der Waals surface area (Å²) >= 11 is 3.27. The third kappa shape index (κ3) is 2.54. The van der Waals surface area contributed by atoms with Gasteiger partial charge < -0.3 is 9.32 Å². The maximum atomic E-state index is 5.37. The summed E-state index contributed by atoms with van der Waals surface area (Å²) in [7, 11) is 4.06. The molecule has 2 heterocycles. The van der Waals surface area contributed by atoms with Gasteiger partial charge in [-0.1, -0.05) is 0 Å². The zero-order valence-corrected chi connectivity index (χ0v) is 10.3. The van der Waals surface area contributed by atoms with Crippen molar-refractivity contribution in [3.05, 3.63) is 22.8 Å². The second kappa shape index (κ2) is 4.28. The van der Waals surface area contributed by atoms with E-state index in [2.05, 4.69) is 30.8 Å². The summed E-state index contributed by atoms with van der Waals surface area (Å²) in [5, 5.41) is 0.926. The van der Waals surface area contributed by atoms with Crippen LogP contribution < -0.4 is 0 Å². The zero-order valence-electron chi connectivity index (χ0n) is 8.70. The van der Waals surface area contributed by atoms with Gasteiger partial charge in [0.15, 0.2) is 4.67 Å². The predicted octanol–water partition coefficient (Wildman–Crippen LogP) is 2.09. The summed E-state index contributed by atoms with van der Waals surface area (Å²) in [5.41, 5.74) is 0.644. The van der Waals surface area contributed by atoms with Crippen LogP contribution in [-0.2, 0) is 6.42 Å². The van der Waals surface area contributed by atoms with E-state index in [-0.39, 0.29) is 0 Å². The summed E-state index contributed by atoms with van der Waals surface area (Å²) < 4.78 is 6.06. The molecule has 0 aromatic carbocycles. The number of aromatic nitrogens is 2. The normalized spacial score (nSPS) is 11.5. The van der Waals surface area contributed by atoms with Crippen molar-refractivity contribution in [1.82, 2.24) is 14.9 Å². The highest BCUT2D eigenvalue weighted by molar-refractivity contribution is 9.10. The molecule has 0 amide bonds. The summed E-state index contributed by atoms with van der Waals surface area (Å²) in [6.45, 7) is 0.938. The summed E-state index contributed by atoms with van der Waals surface area (Å²) in [6, 6.07) is 1.87. The number of rotatable bonds is 3. The van der Waals surface area contributed by atoms with Crippen LogP contribution in [0.2, 0.25) is 0 Å². The Labute approximate surface area is 96.4 Å². The van der Waals surface area contributed by atoms with Crippen LogP contribution in [0.1, 0.15) is 5.82 Å². The Kier molecular flexibility index (Phi) is 3.02. The summed E-state index contributed by atoms with van der Waals surface area (Å²) in [5.74, 6) is 0.818. The smallest absolute Gasteiger partial charge is 0.230 e. The van der Waals surface area contributed by atoms with Gasteiger partial charge in [-0.15, -0.1) is 0 Å². The molecule has 0 spiro atoms. The molecule has 0 N–H and O–H groups in total. The van der Waals surface area contributed by atoms with Gasteiger partial charge in [0.25, 0.3) is 0 Å². The molecular weight excluding hydrogens is 258 g/mol. The Balaban J connectivity index is 2.22. The largest absolute Gasteiger partial charge is 0.431 e. The Morgan fingerprint density at radius 2 is 2.27 bits per heavy atom. The molecule has 0 aliphatic rings. The van der Waals surface area contributed by atoms with Crippen molar-refractivity contribution < 1.29 is 4.42 Å². The molecular formula is C10H12BrN3O. The highest BCUT2D eigenvalue weighted by Crippen LogP contribution is 2.20. The van der Waals surface area contributed by atoms with Gasteiger partial charge in [-0.05, 0) is 30.0 Å². The lowest BCUT2D eigenvalue weighted by Gasteiger charge is -2.07. The highest BCUT2D eigenvalue weighted by atomic mass is 79.9. The average molecular weight is 270 g/mol. The van der Waals surface area contributed by atoms with E-state index in [0.717, 1.165) is 24.2 Å². The van der Waals surface area contributed by atoms with Crippen molar-refractivity contribution >= 4 is 27.0 Å². The van der Waals surface area contributed by atoms with Crippen LogP contribution in [0, 0.1) is 0 Å². The first kappa shape index (κ1) is 10.6. The van der Waals surface area contributed by atoms with E-state index in [1.807, 2.05) is 20.2 Å². The lowest BCUT2D eigenvalue weighted by atomic mass is 10.3. The maximum Gasteiger partial charge on any atom is 0.230 e. The van der Waals surface area contributed by atoms with Gasteiger partial charge in [-0.25, -0.2) is 4.98 Å². The average Bonchev–Trinajstić information content (AvgIpc) is 2.53. The molecule has 0 aliphatic carbocycles. The van der Waals surface area contributed by atoms with Crippen LogP contribution in [0.5, 0.6) is 0 Å². The molecule has 2 aromatic rings. The topological polar surface area (TPSA) is 42.2 Å². The third-order valence-corrected chi connectivity index (χ3v) is 2.47. The van der Waals surface area contributed by atoms with Gasteiger partial charge in [-0.3, -0.25) is 0 Å². The first-order chi connectivity index (χ1) is 7.15. The van der Waals surface area contributed by atoms with Crippen LogP contribution >= 0.6 is 15.9 Å². The van der Waals surface area contributed by atoms with E-state index in [4.69, 9.17) is 4.42 Å². The monoisotopic (exact) mass is 269 g/mol. The van der Waals surface area contributed by atoms with Gasteiger partial charge in [0.2, 0.25) is 5.71 Å². The Morgan fingerprint density at radius 1 is 1.47 bits per heavy atom. The summed E-state index contributed by atoms with van der Waals surface area (Å²) in [6.07, 6.45) is 2.63. The minimum absolute atomic E-state index is 0.644. The number of hydrogen-bond acceptors (Lipinski definition) is 4. The van der Waals surface area contributed by atoms with E-state index >= 15 is 0 Å². The third-order valence-electron chi connectivity index (χ3n) is 2.08. The SMILES string of the molecule is CN(C)CCc1ncc2cc(Br)oc2n1. The van der Waals surface area contributed by atoms with Crippen molar-refractivity contribution in [1.29, 1.82) is 0 Å². The van der Waals surface area contributed by atoms with Gasteiger partial charge in [0, 0.05) is 25.2 Å². The number of nitrogens with zero attached hydrogens (tertiary/aromatic N) is 3. The summed E-state index contributed by atoms with van der Waals surface area (Å²) in [4.78, 5) is 10.7. The predicted molar refractivity (Wildman–Crippen MR) is 61.8 cm³/mol. The van der Waals surface area contributed by atoms with Crippen LogP contribution in [-0.4, -0.2) is 35.5 Å². The molecule has 4 nitrogen and oxygen atoms in total. The van der Waals surface area contributed by atoms with E-state index in [1.165, 1.54) is 0 Å². The minimum Gasteiger partial charge on any atom is -0.431 e. The quantitative estimate of drug-likeness (QED) is 0.856. The molecule has 0 bridgehead atoms. The van der Waals surface area contributed by atoms with Crippen molar-refractivity contribution in [2.45, 2.75) is 6.42 Å². The second-order valence-electron chi connectivity index (χ2n) is 3.65. The molecule has 2 aromatic heterocycles. The number of hydrogen-bond donors (Lipinski definition) is 0. The Hall–Kier alpha value is -0.940. The molecule has 80 valence electrons. The fraction of sp³-hybridized carbons (Fsp3) is 0.400. The van der Waals surface area contributed by atoms with Gasteiger partial charge in [-0.2, -0.15) is 4.98 Å². The number of fused-ring (bicyclic) bond motifs is 1. The molecule has 0 atom stereocenters. The van der Waals surface area contributed by atoms with Crippen LogP contribution in [0.15, 0.2) is 21.3 Å². The Morgan fingerprint density at radius 3 is 3.00 bits per heavy atom. The van der Waals surface area contributed by atoms with Crippen LogP contribution in [0.25, 0.3) is 11.1 Å². The van der Waals surface area contributed by atoms with Crippen molar-refractivity contribution in [3.63, 3.8) is 0 Å². The van der Waals surface area contributed by atoms with E-state index in [1.54, 1.807) is 6.20 Å². The standard InChI is InChI=1S/C10H12BrN3O/c1-14(2)4-3-9-12-6-7-5-8(11)15-10(7)13-9/h5-6H,3-4H2,1-2H3. The second-order valence-corrected chi connectivity index (χ2v) is 4.43. The van der Waals surface area contributed by atoms with Crippen LogP contribution in [0.3, 0.4) is 0 Å².